The predicted octanol–water partition coefficient (Wildman–Crippen LogP) is 2.44. The Morgan fingerprint density at radius 1 is 1.36 bits per heavy atom. The summed E-state index contributed by atoms with van der Waals surface area (Å²) in [5.41, 5.74) is 1.10. The lowest BCUT2D eigenvalue weighted by molar-refractivity contribution is 0.0233. The maximum atomic E-state index is 12.6. The standard InChI is InChI=1S/C18H23N3O4/c1-10(2)16-7-15(21-25-16)18(23)20-17(11-4-13(22)5-11)12-6-14(24-3)9-19-8-12/h6-11,13,17,22H,4-5H2,1-3H3,(H,20,23)/t11?,13?,17-/m1/s1. The van der Waals surface area contributed by atoms with Crippen LogP contribution in [0.25, 0.3) is 0 Å². The van der Waals surface area contributed by atoms with Gasteiger partial charge in [-0.2, -0.15) is 0 Å². The minimum atomic E-state index is -0.317. The molecule has 1 atom stereocenters. The third-order valence-electron chi connectivity index (χ3n) is 4.57. The molecule has 0 spiro atoms. The molecule has 2 aromatic heterocycles. The average molecular weight is 345 g/mol. The lowest BCUT2D eigenvalue weighted by Gasteiger charge is -2.38. The van der Waals surface area contributed by atoms with E-state index in [4.69, 9.17) is 9.26 Å². The van der Waals surface area contributed by atoms with Crippen molar-refractivity contribution in [2.75, 3.05) is 7.11 Å². The van der Waals surface area contributed by atoms with Crippen molar-refractivity contribution in [3.05, 3.63) is 41.5 Å². The first kappa shape index (κ1) is 17.4. The number of hydrogen-bond acceptors (Lipinski definition) is 6. The van der Waals surface area contributed by atoms with Crippen molar-refractivity contribution in [2.45, 2.75) is 44.8 Å². The number of hydrogen-bond donors (Lipinski definition) is 2. The van der Waals surface area contributed by atoms with Gasteiger partial charge in [-0.15, -0.1) is 0 Å². The van der Waals surface area contributed by atoms with E-state index in [0.717, 1.165) is 5.56 Å². The van der Waals surface area contributed by atoms with Gasteiger partial charge in [0.1, 0.15) is 11.5 Å². The zero-order valence-electron chi connectivity index (χ0n) is 14.6. The van der Waals surface area contributed by atoms with Crippen LogP contribution in [-0.4, -0.2) is 34.4 Å². The van der Waals surface area contributed by atoms with Gasteiger partial charge in [-0.1, -0.05) is 19.0 Å². The van der Waals surface area contributed by atoms with Crippen LogP contribution in [0.15, 0.2) is 29.0 Å². The smallest absolute Gasteiger partial charge is 0.273 e. The van der Waals surface area contributed by atoms with E-state index in [1.54, 1.807) is 25.6 Å². The number of nitrogens with zero attached hydrogens (tertiary/aromatic N) is 2. The number of nitrogens with one attached hydrogen (secondary N) is 1. The number of carbonyl (C=O) groups excluding carboxylic acids is 1. The minimum Gasteiger partial charge on any atom is -0.495 e. The van der Waals surface area contributed by atoms with Crippen molar-refractivity contribution in [2.24, 2.45) is 5.92 Å². The summed E-state index contributed by atoms with van der Waals surface area (Å²) in [5, 5.41) is 16.5. The van der Waals surface area contributed by atoms with Gasteiger partial charge in [-0.25, -0.2) is 0 Å². The molecule has 1 aliphatic carbocycles. The highest BCUT2D eigenvalue weighted by molar-refractivity contribution is 5.92. The Labute approximate surface area is 146 Å². The van der Waals surface area contributed by atoms with Gasteiger partial charge in [-0.3, -0.25) is 9.78 Å². The fourth-order valence-corrected chi connectivity index (χ4v) is 2.98. The van der Waals surface area contributed by atoms with Gasteiger partial charge in [-0.05, 0) is 30.4 Å². The summed E-state index contributed by atoms with van der Waals surface area (Å²) in [4.78, 5) is 16.8. The maximum absolute atomic E-state index is 12.6. The highest BCUT2D eigenvalue weighted by atomic mass is 16.5. The molecule has 3 rings (SSSR count). The summed E-state index contributed by atoms with van der Waals surface area (Å²) < 4.78 is 10.4. The van der Waals surface area contributed by atoms with Crippen LogP contribution >= 0.6 is 0 Å². The first-order valence-electron chi connectivity index (χ1n) is 8.42. The molecule has 1 saturated carbocycles. The number of methoxy groups -OCH3 is 1. The Balaban J connectivity index is 1.80. The van der Waals surface area contributed by atoms with Crippen LogP contribution in [0.2, 0.25) is 0 Å². The van der Waals surface area contributed by atoms with Crippen molar-refractivity contribution in [1.29, 1.82) is 0 Å². The molecule has 1 amide bonds. The van der Waals surface area contributed by atoms with E-state index in [1.807, 2.05) is 19.9 Å². The molecule has 0 radical (unpaired) electrons. The summed E-state index contributed by atoms with van der Waals surface area (Å²) in [6.07, 6.45) is 4.28. The lowest BCUT2D eigenvalue weighted by Crippen LogP contribution is -2.41. The summed E-state index contributed by atoms with van der Waals surface area (Å²) in [6, 6.07) is 3.25. The molecule has 7 nitrogen and oxygen atoms in total. The van der Waals surface area contributed by atoms with E-state index < -0.39 is 0 Å². The first-order chi connectivity index (χ1) is 12.0. The Morgan fingerprint density at radius 3 is 2.72 bits per heavy atom. The largest absolute Gasteiger partial charge is 0.495 e. The molecule has 1 aliphatic rings. The van der Waals surface area contributed by atoms with Crippen LogP contribution in [0.1, 0.15) is 60.5 Å². The third-order valence-corrected chi connectivity index (χ3v) is 4.57. The van der Waals surface area contributed by atoms with Gasteiger partial charge in [0.25, 0.3) is 5.91 Å². The van der Waals surface area contributed by atoms with E-state index in [0.29, 0.717) is 24.4 Å². The maximum Gasteiger partial charge on any atom is 0.273 e. The number of amides is 1. The van der Waals surface area contributed by atoms with Gasteiger partial charge < -0.3 is 19.7 Å². The monoisotopic (exact) mass is 345 g/mol. The van der Waals surface area contributed by atoms with Crippen molar-refractivity contribution < 1.29 is 19.2 Å². The summed E-state index contributed by atoms with van der Waals surface area (Å²) >= 11 is 0. The number of carbonyl (C=O) groups is 1. The molecule has 134 valence electrons. The van der Waals surface area contributed by atoms with E-state index in [9.17, 15) is 9.90 Å². The Kier molecular flexibility index (Phi) is 5.03. The third kappa shape index (κ3) is 3.82. The number of pyridine rings is 1. The second kappa shape index (κ2) is 7.23. The first-order valence-corrected chi connectivity index (χ1v) is 8.42. The van der Waals surface area contributed by atoms with Crippen LogP contribution in [-0.2, 0) is 0 Å². The second-order valence-electron chi connectivity index (χ2n) is 6.76. The molecule has 0 aromatic carbocycles. The molecule has 1 fully saturated rings. The van der Waals surface area contributed by atoms with E-state index in [-0.39, 0.29) is 35.6 Å². The molecule has 2 heterocycles. The number of ether oxygens (including phenoxy) is 1. The molecule has 25 heavy (non-hydrogen) atoms. The zero-order valence-corrected chi connectivity index (χ0v) is 14.6. The van der Waals surface area contributed by atoms with Gasteiger partial charge >= 0.3 is 0 Å². The van der Waals surface area contributed by atoms with Crippen molar-refractivity contribution >= 4 is 5.91 Å². The minimum absolute atomic E-state index is 0.143. The summed E-state index contributed by atoms with van der Waals surface area (Å²) in [5.74, 6) is 1.30. The molecular weight excluding hydrogens is 322 g/mol. The normalized spacial score (nSPS) is 20.8. The van der Waals surface area contributed by atoms with Gasteiger partial charge in [0.15, 0.2) is 5.69 Å². The van der Waals surface area contributed by atoms with E-state index in [2.05, 4.69) is 15.5 Å². The highest BCUT2D eigenvalue weighted by Gasteiger charge is 2.36. The molecule has 0 unspecified atom stereocenters. The summed E-state index contributed by atoms with van der Waals surface area (Å²) in [6.45, 7) is 3.95. The fraction of sp³-hybridized carbons (Fsp3) is 0.500. The molecule has 2 N–H and O–H groups in total. The molecule has 0 saturated heterocycles. The van der Waals surface area contributed by atoms with Crippen LogP contribution in [0, 0.1) is 5.92 Å². The average Bonchev–Trinajstić information content (AvgIpc) is 3.07. The Bertz CT molecular complexity index is 737. The number of aromatic nitrogens is 2. The molecule has 0 bridgehead atoms. The van der Waals surface area contributed by atoms with Crippen molar-refractivity contribution in [3.63, 3.8) is 0 Å². The van der Waals surface area contributed by atoms with Crippen LogP contribution in [0.5, 0.6) is 5.75 Å². The lowest BCUT2D eigenvalue weighted by atomic mass is 9.75. The molecule has 2 aromatic rings. The predicted molar refractivity (Wildman–Crippen MR) is 90.3 cm³/mol. The van der Waals surface area contributed by atoms with Crippen LogP contribution in [0.4, 0.5) is 0 Å². The van der Waals surface area contributed by atoms with E-state index in [1.165, 1.54) is 0 Å². The summed E-state index contributed by atoms with van der Waals surface area (Å²) in [7, 11) is 1.57. The second-order valence-corrected chi connectivity index (χ2v) is 6.76. The Morgan fingerprint density at radius 2 is 2.12 bits per heavy atom. The van der Waals surface area contributed by atoms with Gasteiger partial charge in [0.05, 0.1) is 25.5 Å². The molecule has 0 aliphatic heterocycles. The van der Waals surface area contributed by atoms with Crippen LogP contribution in [0.3, 0.4) is 0 Å². The van der Waals surface area contributed by atoms with Crippen molar-refractivity contribution in [3.8, 4) is 5.75 Å². The quantitative estimate of drug-likeness (QED) is 0.834. The van der Waals surface area contributed by atoms with Gasteiger partial charge in [0.2, 0.25) is 0 Å². The SMILES string of the molecule is COc1cncc([C@H](NC(=O)c2cc(C(C)C)on2)C2CC(O)C2)c1. The van der Waals surface area contributed by atoms with Crippen LogP contribution < -0.4 is 10.1 Å². The molecular formula is C18H23N3O4. The number of aliphatic hydroxyl groups excluding tert-OH is 1. The fourth-order valence-electron chi connectivity index (χ4n) is 2.98. The number of rotatable bonds is 6. The van der Waals surface area contributed by atoms with E-state index >= 15 is 0 Å². The molecule has 7 heteroatoms. The van der Waals surface area contributed by atoms with Gasteiger partial charge in [0, 0.05) is 18.2 Å². The topological polar surface area (TPSA) is 97.5 Å². The van der Waals surface area contributed by atoms with Crippen molar-refractivity contribution in [1.82, 2.24) is 15.5 Å². The highest BCUT2D eigenvalue weighted by Crippen LogP contribution is 2.38. The Hall–Kier alpha value is -2.41. The zero-order chi connectivity index (χ0) is 18.0. The number of aliphatic hydroxyl groups is 1.